The highest BCUT2D eigenvalue weighted by atomic mass is 32.2. The maximum Gasteiger partial charge on any atom is 0.299 e. The zero-order valence-electron chi connectivity index (χ0n) is 16.7. The number of ether oxygens (including phenoxy) is 1. The fourth-order valence-corrected chi connectivity index (χ4v) is 4.02. The number of aromatic nitrogens is 3. The van der Waals surface area contributed by atoms with Gasteiger partial charge in [-0.1, -0.05) is 0 Å². The summed E-state index contributed by atoms with van der Waals surface area (Å²) in [4.78, 5) is 21.6. The van der Waals surface area contributed by atoms with Crippen LogP contribution in [0.25, 0.3) is 11.2 Å². The van der Waals surface area contributed by atoms with Crippen molar-refractivity contribution < 1.29 is 36.1 Å². The van der Waals surface area contributed by atoms with Gasteiger partial charge in [-0.25, -0.2) is 26.6 Å². The Balaban J connectivity index is 1.62. The maximum absolute atomic E-state index is 15.0. The molecule has 4 N–H and O–H groups in total. The lowest BCUT2D eigenvalue weighted by Gasteiger charge is -2.13. The Kier molecular flexibility index (Phi) is 5.64. The summed E-state index contributed by atoms with van der Waals surface area (Å²) in [6.45, 7) is 0. The number of carbonyl (C=O) groups excluding carboxylic acids is 1. The van der Waals surface area contributed by atoms with E-state index in [1.54, 1.807) is 0 Å². The van der Waals surface area contributed by atoms with Crippen LogP contribution in [0.3, 0.4) is 0 Å². The summed E-state index contributed by atoms with van der Waals surface area (Å²) < 4.78 is 74.9. The van der Waals surface area contributed by atoms with Crippen LogP contribution in [0.4, 0.5) is 24.5 Å². The number of rotatable bonds is 6. The van der Waals surface area contributed by atoms with Gasteiger partial charge in [0.2, 0.25) is 0 Å². The fraction of sp³-hybridized carbons (Fsp3) is 0.0500. The number of fused-ring (bicyclic) bond motifs is 1. The summed E-state index contributed by atoms with van der Waals surface area (Å²) >= 11 is 0. The first-order valence-corrected chi connectivity index (χ1v) is 10.7. The number of benzene rings is 2. The van der Waals surface area contributed by atoms with Gasteiger partial charge in [-0.15, -0.1) is 4.98 Å². The zero-order chi connectivity index (χ0) is 23.8. The van der Waals surface area contributed by atoms with Gasteiger partial charge in [-0.05, 0) is 36.4 Å². The topological polar surface area (TPSA) is 127 Å². The number of halogens is 3. The lowest BCUT2D eigenvalue weighted by atomic mass is 10.2. The van der Waals surface area contributed by atoms with Gasteiger partial charge in [0.15, 0.2) is 29.2 Å². The molecule has 2 aromatic heterocycles. The number of carbonyl (C=O) groups is 1. The Labute approximate surface area is 184 Å². The van der Waals surface area contributed by atoms with Crippen LogP contribution < -0.4 is 19.8 Å². The fourth-order valence-electron chi connectivity index (χ4n) is 2.95. The highest BCUT2D eigenvalue weighted by Gasteiger charge is 2.23. The molecule has 0 aliphatic carbocycles. The minimum absolute atomic E-state index is 0.00292. The third-order valence-corrected chi connectivity index (χ3v) is 5.96. The number of hydrogen-bond donors (Lipinski definition) is 3. The van der Waals surface area contributed by atoms with E-state index in [9.17, 15) is 26.4 Å². The molecular weight excluding hydrogens is 463 g/mol. The van der Waals surface area contributed by atoms with E-state index in [2.05, 4.69) is 20.3 Å². The minimum atomic E-state index is -4.45. The van der Waals surface area contributed by atoms with Crippen molar-refractivity contribution in [3.63, 3.8) is 0 Å². The molecule has 4 aromatic rings. The molecule has 0 bridgehead atoms. The smallest absolute Gasteiger partial charge is 0.299 e. The minimum Gasteiger partial charge on any atom is -0.494 e. The predicted octanol–water partition coefficient (Wildman–Crippen LogP) is 2.86. The molecule has 0 saturated heterocycles. The third kappa shape index (κ3) is 4.30. The zero-order valence-corrected chi connectivity index (χ0v) is 17.6. The van der Waals surface area contributed by atoms with Gasteiger partial charge in [-0.2, -0.15) is 0 Å². The number of pyridine rings is 1. The average Bonchev–Trinajstić information content (AvgIpc) is 3.26. The number of hydrogen-bond acceptors (Lipinski definition) is 5. The van der Waals surface area contributed by atoms with Crippen molar-refractivity contribution in [3.05, 3.63) is 71.9 Å². The first-order valence-electron chi connectivity index (χ1n) is 9.20. The lowest BCUT2D eigenvalue weighted by molar-refractivity contribution is -0.347. The standard InChI is InChI=1S/C20H14F3N5O4S/c1-32-16-5-2-11(7-13(16)22)33(30,31)28-14-4-3-12(21)18(17(14)23)27-20(29)10-6-15-19(24-8-10)26-9-25-15/h2-9,28H,1H3,(H,27,29)(H,24,25,26)/p+1. The number of nitrogens with one attached hydrogen (secondary N) is 4. The first-order chi connectivity index (χ1) is 15.7. The third-order valence-electron chi connectivity index (χ3n) is 4.59. The number of amides is 1. The second kappa shape index (κ2) is 8.43. The van der Waals surface area contributed by atoms with Crippen molar-refractivity contribution in [1.82, 2.24) is 9.97 Å². The van der Waals surface area contributed by atoms with E-state index in [0.717, 1.165) is 24.3 Å². The molecule has 1 amide bonds. The Morgan fingerprint density at radius 3 is 2.64 bits per heavy atom. The second-order valence-corrected chi connectivity index (χ2v) is 8.38. The van der Waals surface area contributed by atoms with E-state index in [1.807, 2.05) is 4.72 Å². The van der Waals surface area contributed by atoms with Crippen molar-refractivity contribution in [3.8, 4) is 5.75 Å². The maximum atomic E-state index is 15.0. The molecule has 0 unspecified atom stereocenters. The van der Waals surface area contributed by atoms with Crippen LogP contribution in [0.15, 0.2) is 53.8 Å². The number of nitrogens with zero attached hydrogens (tertiary/aromatic N) is 1. The molecule has 0 spiro atoms. The first kappa shape index (κ1) is 22.1. The Morgan fingerprint density at radius 2 is 1.91 bits per heavy atom. The SMILES string of the molecule is COc1ccc(S(=O)(=O)Nc2ccc(F)c(NC(=O)c3cnc4[nH+]c[nH]c4c3)c2F)cc1F. The molecule has 0 fully saturated rings. The molecular formula is C20H15F3N5O4S+. The van der Waals surface area contributed by atoms with Crippen LogP contribution in [0.5, 0.6) is 5.75 Å². The van der Waals surface area contributed by atoms with Crippen LogP contribution in [-0.2, 0) is 10.0 Å². The average molecular weight is 478 g/mol. The number of methoxy groups -OCH3 is 1. The number of imidazole rings is 1. The van der Waals surface area contributed by atoms with Crippen molar-refractivity contribution in [1.29, 1.82) is 0 Å². The van der Waals surface area contributed by atoms with Gasteiger partial charge in [0.25, 0.3) is 21.6 Å². The van der Waals surface area contributed by atoms with Gasteiger partial charge < -0.3 is 10.1 Å². The quantitative estimate of drug-likeness (QED) is 0.393. The molecule has 13 heteroatoms. The monoisotopic (exact) mass is 478 g/mol. The normalized spacial score (nSPS) is 11.4. The van der Waals surface area contributed by atoms with Crippen LogP contribution >= 0.6 is 0 Å². The van der Waals surface area contributed by atoms with Gasteiger partial charge in [0.1, 0.15) is 17.7 Å². The predicted molar refractivity (Wildman–Crippen MR) is 111 cm³/mol. The number of anilines is 2. The Bertz CT molecular complexity index is 1490. The molecule has 0 aliphatic rings. The molecule has 170 valence electrons. The van der Waals surface area contributed by atoms with Crippen molar-refractivity contribution in [2.45, 2.75) is 4.90 Å². The van der Waals surface area contributed by atoms with Gasteiger partial charge in [-0.3, -0.25) is 14.5 Å². The summed E-state index contributed by atoms with van der Waals surface area (Å²) in [6, 6.07) is 5.84. The van der Waals surface area contributed by atoms with Crippen molar-refractivity contribution in [2.24, 2.45) is 0 Å². The molecule has 2 aromatic carbocycles. The van der Waals surface area contributed by atoms with Crippen molar-refractivity contribution >= 4 is 38.5 Å². The molecule has 0 saturated carbocycles. The van der Waals surface area contributed by atoms with Crippen LogP contribution in [0.2, 0.25) is 0 Å². The van der Waals surface area contributed by atoms with Gasteiger partial charge in [0, 0.05) is 0 Å². The van der Waals surface area contributed by atoms with E-state index in [1.165, 1.54) is 25.7 Å². The highest BCUT2D eigenvalue weighted by molar-refractivity contribution is 7.92. The summed E-state index contributed by atoms with van der Waals surface area (Å²) in [5, 5.41) is 2.08. The summed E-state index contributed by atoms with van der Waals surface area (Å²) in [5.74, 6) is -4.52. The van der Waals surface area contributed by atoms with Crippen LogP contribution in [0.1, 0.15) is 10.4 Å². The molecule has 4 rings (SSSR count). The largest absolute Gasteiger partial charge is 0.494 e. The summed E-state index contributed by atoms with van der Waals surface area (Å²) in [6.07, 6.45) is 2.69. The number of aromatic amines is 2. The lowest BCUT2D eigenvalue weighted by Crippen LogP contribution is -2.18. The highest BCUT2D eigenvalue weighted by Crippen LogP contribution is 2.29. The van der Waals surface area contributed by atoms with Crippen LogP contribution in [-0.4, -0.2) is 31.4 Å². The molecule has 2 heterocycles. The van der Waals surface area contributed by atoms with E-state index >= 15 is 0 Å². The molecule has 0 aliphatic heterocycles. The molecule has 9 nitrogen and oxygen atoms in total. The van der Waals surface area contributed by atoms with E-state index in [-0.39, 0.29) is 11.3 Å². The van der Waals surface area contributed by atoms with Gasteiger partial charge in [0.05, 0.1) is 23.3 Å². The Morgan fingerprint density at radius 1 is 1.12 bits per heavy atom. The molecule has 0 radical (unpaired) electrons. The van der Waals surface area contributed by atoms with Gasteiger partial charge >= 0.3 is 0 Å². The molecule has 0 atom stereocenters. The summed E-state index contributed by atoms with van der Waals surface area (Å²) in [5.41, 5.74) is -0.585. The van der Waals surface area contributed by atoms with E-state index in [4.69, 9.17) is 4.74 Å². The number of sulfonamides is 1. The van der Waals surface area contributed by atoms with Crippen LogP contribution in [0, 0.1) is 17.5 Å². The molecule has 33 heavy (non-hydrogen) atoms. The number of H-pyrrole nitrogens is 2. The Hall–Kier alpha value is -4.13. The van der Waals surface area contributed by atoms with E-state index in [0.29, 0.717) is 17.2 Å². The van der Waals surface area contributed by atoms with E-state index < -0.39 is 49.7 Å². The second-order valence-electron chi connectivity index (χ2n) is 6.69. The van der Waals surface area contributed by atoms with Crippen molar-refractivity contribution in [2.75, 3.05) is 17.1 Å². The summed E-state index contributed by atoms with van der Waals surface area (Å²) in [7, 11) is -3.24.